The monoisotopic (exact) mass is 421 g/mol. The van der Waals surface area contributed by atoms with Crippen molar-refractivity contribution in [1.29, 1.82) is 0 Å². The Morgan fingerprint density at radius 2 is 1.76 bits per heavy atom. The van der Waals surface area contributed by atoms with Gasteiger partial charge < -0.3 is 0 Å². The van der Waals surface area contributed by atoms with Gasteiger partial charge in [-0.05, 0) is 46.3 Å². The third-order valence-electron chi connectivity index (χ3n) is 2.72. The lowest BCUT2D eigenvalue weighted by atomic mass is 10.00. The van der Waals surface area contributed by atoms with Crippen LogP contribution in [-0.4, -0.2) is 10.8 Å². The Hall–Kier alpha value is -1.21. The van der Waals surface area contributed by atoms with Gasteiger partial charge in [-0.1, -0.05) is 15.9 Å². The zero-order valence-electron chi connectivity index (χ0n) is 10.4. The first-order chi connectivity index (χ1) is 9.77. The molecule has 0 aliphatic carbocycles. The number of Topliss-reactive ketones (excluding diaryl/α,β-unsaturated/α-hetero) is 1. The summed E-state index contributed by atoms with van der Waals surface area (Å²) in [5.41, 5.74) is -0.881. The molecule has 0 radical (unpaired) electrons. The van der Waals surface area contributed by atoms with E-state index >= 15 is 0 Å². The van der Waals surface area contributed by atoms with Crippen molar-refractivity contribution in [2.24, 2.45) is 0 Å². The number of nitrogens with zero attached hydrogens (tertiary/aromatic N) is 1. The fourth-order valence-corrected chi connectivity index (χ4v) is 2.36. The third kappa shape index (κ3) is 4.14. The van der Waals surface area contributed by atoms with E-state index in [-0.39, 0.29) is 16.5 Å². The summed E-state index contributed by atoms with van der Waals surface area (Å²) < 4.78 is 40.0. The van der Waals surface area contributed by atoms with E-state index < -0.39 is 17.5 Å². The number of ketones is 1. The zero-order valence-corrected chi connectivity index (χ0v) is 13.6. The Balaban J connectivity index is 2.33. The lowest BCUT2D eigenvalue weighted by Crippen LogP contribution is -2.15. The number of hydrogen-bond donors (Lipinski definition) is 0. The maximum atomic E-state index is 13.0. The summed E-state index contributed by atoms with van der Waals surface area (Å²) in [6, 6.07) is 6.77. The second kappa shape index (κ2) is 6.27. The molecule has 0 aliphatic rings. The average Bonchev–Trinajstić information content (AvgIpc) is 2.40. The Kier molecular flexibility index (Phi) is 4.83. The van der Waals surface area contributed by atoms with Gasteiger partial charge in [0.15, 0.2) is 5.78 Å². The van der Waals surface area contributed by atoms with Crippen LogP contribution in [0.4, 0.5) is 13.2 Å². The Bertz CT molecular complexity index is 669. The van der Waals surface area contributed by atoms with Crippen molar-refractivity contribution in [2.75, 3.05) is 0 Å². The van der Waals surface area contributed by atoms with Gasteiger partial charge >= 0.3 is 6.18 Å². The highest BCUT2D eigenvalue weighted by molar-refractivity contribution is 9.10. The molecule has 0 spiro atoms. The van der Waals surface area contributed by atoms with Crippen LogP contribution in [-0.2, 0) is 12.6 Å². The van der Waals surface area contributed by atoms with Gasteiger partial charge in [-0.25, -0.2) is 0 Å². The highest BCUT2D eigenvalue weighted by atomic mass is 79.9. The number of benzene rings is 1. The van der Waals surface area contributed by atoms with Gasteiger partial charge in [0.25, 0.3) is 0 Å². The summed E-state index contributed by atoms with van der Waals surface area (Å²) >= 11 is 6.18. The molecule has 0 saturated heterocycles. The molecule has 0 aliphatic heterocycles. The van der Waals surface area contributed by atoms with E-state index in [0.29, 0.717) is 5.69 Å². The first-order valence-electron chi connectivity index (χ1n) is 5.78. The largest absolute Gasteiger partial charge is 0.417 e. The van der Waals surface area contributed by atoms with Crippen molar-refractivity contribution in [2.45, 2.75) is 12.6 Å². The Morgan fingerprint density at radius 3 is 2.33 bits per heavy atom. The van der Waals surface area contributed by atoms with Crippen LogP contribution in [0.15, 0.2) is 45.5 Å². The second-order valence-electron chi connectivity index (χ2n) is 4.26. The number of hydrogen-bond acceptors (Lipinski definition) is 2. The maximum absolute atomic E-state index is 13.0. The van der Waals surface area contributed by atoms with Crippen molar-refractivity contribution >= 4 is 37.6 Å². The summed E-state index contributed by atoms with van der Waals surface area (Å²) in [6.45, 7) is 0. The van der Waals surface area contributed by atoms with E-state index in [9.17, 15) is 18.0 Å². The van der Waals surface area contributed by atoms with Crippen molar-refractivity contribution in [1.82, 2.24) is 4.98 Å². The molecular weight excluding hydrogens is 415 g/mol. The van der Waals surface area contributed by atoms with Crippen molar-refractivity contribution in [3.8, 4) is 0 Å². The third-order valence-corrected chi connectivity index (χ3v) is 3.68. The molecule has 110 valence electrons. The number of carbonyl (C=O) groups is 1. The zero-order chi connectivity index (χ0) is 15.6. The second-order valence-corrected chi connectivity index (χ2v) is 6.09. The molecule has 0 unspecified atom stereocenters. The number of halogens is 5. The number of alkyl halides is 3. The SMILES string of the molecule is O=C(Cc1ccc(Br)cn1)c1ccc(Br)cc1C(F)(F)F. The minimum atomic E-state index is -4.58. The molecular formula is C14H8Br2F3NO. The Morgan fingerprint density at radius 1 is 1.10 bits per heavy atom. The van der Waals surface area contributed by atoms with Gasteiger partial charge in [-0.2, -0.15) is 13.2 Å². The van der Waals surface area contributed by atoms with Gasteiger partial charge in [0.2, 0.25) is 0 Å². The molecule has 2 aromatic rings. The van der Waals surface area contributed by atoms with Gasteiger partial charge in [-0.3, -0.25) is 9.78 Å². The van der Waals surface area contributed by atoms with Gasteiger partial charge in [0, 0.05) is 26.4 Å². The topological polar surface area (TPSA) is 30.0 Å². The molecule has 2 nitrogen and oxygen atoms in total. The molecule has 0 bridgehead atoms. The van der Waals surface area contributed by atoms with E-state index in [1.807, 2.05) is 0 Å². The molecule has 0 amide bonds. The lowest BCUT2D eigenvalue weighted by molar-refractivity contribution is -0.138. The van der Waals surface area contributed by atoms with E-state index in [2.05, 4.69) is 36.8 Å². The van der Waals surface area contributed by atoms with Crippen molar-refractivity contribution in [3.05, 3.63) is 62.3 Å². The first-order valence-corrected chi connectivity index (χ1v) is 7.36. The molecule has 7 heteroatoms. The van der Waals surface area contributed by atoms with Gasteiger partial charge in [0.05, 0.1) is 12.0 Å². The molecule has 1 aromatic carbocycles. The van der Waals surface area contributed by atoms with Crippen molar-refractivity contribution < 1.29 is 18.0 Å². The number of aromatic nitrogens is 1. The van der Waals surface area contributed by atoms with Crippen LogP contribution in [0, 0.1) is 0 Å². The van der Waals surface area contributed by atoms with Gasteiger partial charge in [0.1, 0.15) is 0 Å². The predicted molar refractivity (Wildman–Crippen MR) is 79.1 cm³/mol. The van der Waals surface area contributed by atoms with Crippen LogP contribution in [0.25, 0.3) is 0 Å². The summed E-state index contributed by atoms with van der Waals surface area (Å²) in [5.74, 6) is -0.621. The minimum Gasteiger partial charge on any atom is -0.294 e. The summed E-state index contributed by atoms with van der Waals surface area (Å²) in [4.78, 5) is 16.1. The summed E-state index contributed by atoms with van der Waals surface area (Å²) in [5, 5.41) is 0. The van der Waals surface area contributed by atoms with Crippen LogP contribution in [0.3, 0.4) is 0 Å². The highest BCUT2D eigenvalue weighted by Gasteiger charge is 2.35. The van der Waals surface area contributed by atoms with Crippen LogP contribution >= 0.6 is 31.9 Å². The van der Waals surface area contributed by atoms with Crippen LogP contribution < -0.4 is 0 Å². The highest BCUT2D eigenvalue weighted by Crippen LogP contribution is 2.34. The van der Waals surface area contributed by atoms with Crippen LogP contribution in [0.1, 0.15) is 21.6 Å². The fraction of sp³-hybridized carbons (Fsp3) is 0.143. The molecule has 1 heterocycles. The summed E-state index contributed by atoms with van der Waals surface area (Å²) in [6.07, 6.45) is -3.27. The normalized spacial score (nSPS) is 11.5. The molecule has 21 heavy (non-hydrogen) atoms. The molecule has 0 saturated carbocycles. The average molecular weight is 423 g/mol. The van der Waals surface area contributed by atoms with Crippen LogP contribution in [0.2, 0.25) is 0 Å². The maximum Gasteiger partial charge on any atom is 0.417 e. The number of pyridine rings is 1. The molecule has 0 fully saturated rings. The fourth-order valence-electron chi connectivity index (χ4n) is 1.76. The van der Waals surface area contributed by atoms with E-state index in [1.165, 1.54) is 18.3 Å². The van der Waals surface area contributed by atoms with Crippen molar-refractivity contribution in [3.63, 3.8) is 0 Å². The standard InChI is InChI=1S/C14H8Br2F3NO/c15-8-2-4-11(12(5-8)14(17,18)19)13(21)6-10-3-1-9(16)7-20-10/h1-5,7H,6H2. The number of carbonyl (C=O) groups excluding carboxylic acids is 1. The van der Waals surface area contributed by atoms with E-state index in [0.717, 1.165) is 10.5 Å². The molecule has 2 rings (SSSR count). The molecule has 0 atom stereocenters. The minimum absolute atomic E-state index is 0.183. The van der Waals surface area contributed by atoms with E-state index in [1.54, 1.807) is 12.1 Å². The number of rotatable bonds is 3. The van der Waals surface area contributed by atoms with Crippen LogP contribution in [0.5, 0.6) is 0 Å². The molecule has 0 N–H and O–H groups in total. The first kappa shape index (κ1) is 16.2. The smallest absolute Gasteiger partial charge is 0.294 e. The molecule has 1 aromatic heterocycles. The predicted octanol–water partition coefficient (Wildman–Crippen LogP) is 5.05. The Labute approximate surface area is 135 Å². The lowest BCUT2D eigenvalue weighted by Gasteiger charge is -2.12. The van der Waals surface area contributed by atoms with Gasteiger partial charge in [-0.15, -0.1) is 0 Å². The quantitative estimate of drug-likeness (QED) is 0.647. The summed E-state index contributed by atoms with van der Waals surface area (Å²) in [7, 11) is 0. The van der Waals surface area contributed by atoms with E-state index in [4.69, 9.17) is 0 Å².